The number of likely N-dealkylation sites (N-methyl/N-ethyl adjacent to an activating group) is 1. The lowest BCUT2D eigenvalue weighted by Gasteiger charge is -2.19. The van der Waals surface area contributed by atoms with Crippen molar-refractivity contribution in [2.45, 2.75) is 18.6 Å². The number of halogens is 1. The molecule has 3 heteroatoms. The molecule has 0 aromatic rings. The summed E-state index contributed by atoms with van der Waals surface area (Å²) in [6.45, 7) is 1.37. The van der Waals surface area contributed by atoms with Crippen molar-refractivity contribution in [3.8, 4) is 0 Å². The van der Waals surface area contributed by atoms with Crippen LogP contribution in [0, 0.1) is 0 Å². The third-order valence-corrected chi connectivity index (χ3v) is 2.08. The molecule has 0 N–H and O–H groups in total. The van der Waals surface area contributed by atoms with E-state index in [4.69, 9.17) is 4.74 Å². The van der Waals surface area contributed by atoms with Crippen LogP contribution >= 0.6 is 0 Å². The fourth-order valence-electron chi connectivity index (χ4n) is 1.36. The molecule has 0 radical (unpaired) electrons. The summed E-state index contributed by atoms with van der Waals surface area (Å²) >= 11 is 0. The van der Waals surface area contributed by atoms with Gasteiger partial charge >= 0.3 is 0 Å². The highest BCUT2D eigenvalue weighted by Gasteiger charge is 2.31. The summed E-state index contributed by atoms with van der Waals surface area (Å²) in [6.07, 6.45) is -0.0326. The van der Waals surface area contributed by atoms with Gasteiger partial charge in [0.15, 0.2) is 0 Å². The van der Waals surface area contributed by atoms with Crippen LogP contribution in [0.4, 0.5) is 4.39 Å². The van der Waals surface area contributed by atoms with Crippen LogP contribution in [0.2, 0.25) is 0 Å². The van der Waals surface area contributed by atoms with Crippen molar-refractivity contribution in [3.05, 3.63) is 0 Å². The highest BCUT2D eigenvalue weighted by atomic mass is 19.1. The van der Waals surface area contributed by atoms with Crippen LogP contribution in [0.1, 0.15) is 6.42 Å². The maximum atomic E-state index is 12.9. The van der Waals surface area contributed by atoms with E-state index in [2.05, 4.69) is 0 Å². The highest BCUT2D eigenvalue weighted by molar-refractivity contribution is 4.84. The van der Waals surface area contributed by atoms with E-state index >= 15 is 0 Å². The summed E-state index contributed by atoms with van der Waals surface area (Å²) in [6, 6.07) is -0.00926. The number of likely N-dealkylation sites (tertiary alicyclic amines) is 1. The van der Waals surface area contributed by atoms with Gasteiger partial charge in [-0.15, -0.1) is 0 Å². The number of ether oxygens (including phenoxy) is 1. The predicted molar refractivity (Wildman–Crippen MR) is 37.8 cm³/mol. The molecule has 2 nitrogen and oxygen atoms in total. The van der Waals surface area contributed by atoms with Gasteiger partial charge in [-0.3, -0.25) is 4.90 Å². The number of hydrogen-bond acceptors (Lipinski definition) is 2. The summed E-state index contributed by atoms with van der Waals surface area (Å²) in [5.41, 5.74) is 0. The van der Waals surface area contributed by atoms with E-state index in [1.165, 1.54) is 0 Å². The Morgan fingerprint density at radius 3 is 2.80 bits per heavy atom. The lowest BCUT2D eigenvalue weighted by Crippen LogP contribution is -2.34. The molecule has 1 heterocycles. The second kappa shape index (κ2) is 3.30. The van der Waals surface area contributed by atoms with Gasteiger partial charge < -0.3 is 4.74 Å². The fourth-order valence-corrected chi connectivity index (χ4v) is 1.36. The average molecular weight is 147 g/mol. The molecule has 0 saturated carbocycles. The Bertz CT molecular complexity index is 99.8. The Hall–Kier alpha value is -0.150. The monoisotopic (exact) mass is 147 g/mol. The standard InChI is InChI=1S/C7H14FNO/c1-9-4-3-6(8)7(9)5-10-2/h6-7H,3-5H2,1-2H3. The Labute approximate surface area is 61.0 Å². The molecule has 1 aliphatic rings. The zero-order valence-corrected chi connectivity index (χ0v) is 6.51. The van der Waals surface area contributed by atoms with Gasteiger partial charge in [0, 0.05) is 13.7 Å². The third-order valence-electron chi connectivity index (χ3n) is 2.08. The third kappa shape index (κ3) is 1.47. The molecule has 0 aliphatic carbocycles. The minimum atomic E-state index is -0.690. The number of hydrogen-bond donors (Lipinski definition) is 0. The van der Waals surface area contributed by atoms with Crippen molar-refractivity contribution in [2.75, 3.05) is 27.3 Å². The van der Waals surface area contributed by atoms with Gasteiger partial charge in [-0.25, -0.2) is 4.39 Å². The first-order valence-corrected chi connectivity index (χ1v) is 3.59. The van der Waals surface area contributed by atoms with Crippen molar-refractivity contribution in [1.29, 1.82) is 0 Å². The van der Waals surface area contributed by atoms with Gasteiger partial charge in [0.05, 0.1) is 12.6 Å². The average Bonchev–Trinajstić information content (AvgIpc) is 2.20. The predicted octanol–water partition coefficient (Wildman–Crippen LogP) is 0.675. The van der Waals surface area contributed by atoms with Crippen LogP contribution in [0.25, 0.3) is 0 Å². The zero-order chi connectivity index (χ0) is 7.56. The second-order valence-electron chi connectivity index (χ2n) is 2.81. The molecule has 0 bridgehead atoms. The summed E-state index contributed by atoms with van der Waals surface area (Å²) in [5.74, 6) is 0. The first-order valence-electron chi connectivity index (χ1n) is 3.59. The lowest BCUT2D eigenvalue weighted by atomic mass is 10.2. The molecule has 0 spiro atoms. The van der Waals surface area contributed by atoms with E-state index in [9.17, 15) is 4.39 Å². The van der Waals surface area contributed by atoms with Gasteiger partial charge in [-0.1, -0.05) is 0 Å². The van der Waals surface area contributed by atoms with Gasteiger partial charge in [0.2, 0.25) is 0 Å². The van der Waals surface area contributed by atoms with Gasteiger partial charge in [0.25, 0.3) is 0 Å². The van der Waals surface area contributed by atoms with E-state index in [0.717, 1.165) is 6.54 Å². The summed E-state index contributed by atoms with van der Waals surface area (Å²) in [7, 11) is 3.54. The number of methoxy groups -OCH3 is 1. The Balaban J connectivity index is 2.38. The molecule has 1 rings (SSSR count). The van der Waals surface area contributed by atoms with Crippen molar-refractivity contribution < 1.29 is 9.13 Å². The maximum absolute atomic E-state index is 12.9. The number of alkyl halides is 1. The normalized spacial score (nSPS) is 35.1. The SMILES string of the molecule is COCC1C(F)CCN1C. The molecule has 0 aromatic heterocycles. The zero-order valence-electron chi connectivity index (χ0n) is 6.51. The quantitative estimate of drug-likeness (QED) is 0.569. The van der Waals surface area contributed by atoms with Crippen molar-refractivity contribution in [1.82, 2.24) is 4.90 Å². The molecule has 2 atom stereocenters. The van der Waals surface area contributed by atoms with Crippen LogP contribution in [0.5, 0.6) is 0 Å². The smallest absolute Gasteiger partial charge is 0.119 e. The molecular formula is C7H14FNO. The molecule has 0 aromatic carbocycles. The molecule has 1 aliphatic heterocycles. The molecule has 0 amide bonds. The fraction of sp³-hybridized carbons (Fsp3) is 1.00. The Morgan fingerprint density at radius 2 is 2.40 bits per heavy atom. The van der Waals surface area contributed by atoms with Crippen LogP contribution in [0.15, 0.2) is 0 Å². The molecule has 1 saturated heterocycles. The van der Waals surface area contributed by atoms with E-state index < -0.39 is 6.17 Å². The number of rotatable bonds is 2. The van der Waals surface area contributed by atoms with E-state index in [-0.39, 0.29) is 6.04 Å². The maximum Gasteiger partial charge on any atom is 0.119 e. The van der Waals surface area contributed by atoms with Gasteiger partial charge in [-0.05, 0) is 13.5 Å². The molecule has 60 valence electrons. The summed E-state index contributed by atoms with van der Waals surface area (Å²) < 4.78 is 17.8. The minimum absolute atomic E-state index is 0.00926. The van der Waals surface area contributed by atoms with E-state index in [0.29, 0.717) is 13.0 Å². The van der Waals surface area contributed by atoms with E-state index in [1.807, 2.05) is 11.9 Å². The van der Waals surface area contributed by atoms with Crippen LogP contribution < -0.4 is 0 Å². The minimum Gasteiger partial charge on any atom is -0.383 e. The van der Waals surface area contributed by atoms with Crippen LogP contribution in [-0.2, 0) is 4.74 Å². The van der Waals surface area contributed by atoms with Crippen molar-refractivity contribution in [3.63, 3.8) is 0 Å². The van der Waals surface area contributed by atoms with Crippen molar-refractivity contribution >= 4 is 0 Å². The first-order chi connectivity index (χ1) is 4.75. The first kappa shape index (κ1) is 7.95. The summed E-state index contributed by atoms with van der Waals surface area (Å²) in [5, 5.41) is 0. The topological polar surface area (TPSA) is 12.5 Å². The van der Waals surface area contributed by atoms with Gasteiger partial charge in [-0.2, -0.15) is 0 Å². The van der Waals surface area contributed by atoms with Crippen molar-refractivity contribution in [2.24, 2.45) is 0 Å². The molecule has 1 fully saturated rings. The highest BCUT2D eigenvalue weighted by Crippen LogP contribution is 2.18. The molecule has 10 heavy (non-hydrogen) atoms. The van der Waals surface area contributed by atoms with Gasteiger partial charge in [0.1, 0.15) is 6.17 Å². The largest absolute Gasteiger partial charge is 0.383 e. The van der Waals surface area contributed by atoms with Crippen LogP contribution in [-0.4, -0.2) is 44.4 Å². The summed E-state index contributed by atoms with van der Waals surface area (Å²) in [4.78, 5) is 2.01. The van der Waals surface area contributed by atoms with Crippen LogP contribution in [0.3, 0.4) is 0 Å². The molecular weight excluding hydrogens is 133 g/mol. The van der Waals surface area contributed by atoms with E-state index in [1.54, 1.807) is 7.11 Å². The number of nitrogens with zero attached hydrogens (tertiary/aromatic N) is 1. The lowest BCUT2D eigenvalue weighted by molar-refractivity contribution is 0.0972. The Morgan fingerprint density at radius 1 is 1.70 bits per heavy atom. The second-order valence-corrected chi connectivity index (χ2v) is 2.81. The Kier molecular flexibility index (Phi) is 2.63. The molecule has 2 unspecified atom stereocenters.